The molecular weight excluding hydrogens is 348 g/mol. The summed E-state index contributed by atoms with van der Waals surface area (Å²) in [6, 6.07) is 3.65. The number of nitrogens with zero attached hydrogens (tertiary/aromatic N) is 1. The number of nitrogens with one attached hydrogen (secondary N) is 1. The normalized spacial score (nSPS) is 18.5. The van der Waals surface area contributed by atoms with Crippen molar-refractivity contribution in [3.05, 3.63) is 17.7 Å². The lowest BCUT2D eigenvalue weighted by atomic mass is 9.77. The molecule has 7 nitrogen and oxygen atoms in total. The molecule has 1 aliphatic carbocycles. The molecule has 1 aromatic rings. The summed E-state index contributed by atoms with van der Waals surface area (Å²) in [7, 11) is 4.68. The van der Waals surface area contributed by atoms with Crippen molar-refractivity contribution >= 4 is 11.8 Å². The Morgan fingerprint density at radius 3 is 2.15 bits per heavy atom. The molecule has 0 spiro atoms. The first kappa shape index (κ1) is 19.3. The van der Waals surface area contributed by atoms with Gasteiger partial charge in [-0.3, -0.25) is 9.59 Å². The molecule has 2 fully saturated rings. The van der Waals surface area contributed by atoms with E-state index in [0.29, 0.717) is 36.8 Å². The minimum absolute atomic E-state index is 0.0657. The fraction of sp³-hybridized carbons (Fsp3) is 0.600. The van der Waals surface area contributed by atoms with E-state index in [-0.39, 0.29) is 11.8 Å². The Balaban J connectivity index is 1.77. The second-order valence-corrected chi connectivity index (χ2v) is 7.10. The van der Waals surface area contributed by atoms with E-state index in [4.69, 9.17) is 14.2 Å². The van der Waals surface area contributed by atoms with Crippen LogP contribution in [0.2, 0.25) is 0 Å². The lowest BCUT2D eigenvalue weighted by Crippen LogP contribution is -2.65. The molecular formula is C20H28N2O5. The summed E-state index contributed by atoms with van der Waals surface area (Å²) in [4.78, 5) is 26.9. The SMILES string of the molecule is COc1cc(CNC(=O)C2(N3CCC3=O)CCCCC2)cc(OC)c1OC. The first-order chi connectivity index (χ1) is 13.1. The highest BCUT2D eigenvalue weighted by Gasteiger charge is 2.49. The van der Waals surface area contributed by atoms with E-state index in [0.717, 1.165) is 37.7 Å². The van der Waals surface area contributed by atoms with Gasteiger partial charge < -0.3 is 24.4 Å². The lowest BCUT2D eigenvalue weighted by Gasteiger charge is -2.49. The minimum Gasteiger partial charge on any atom is -0.493 e. The van der Waals surface area contributed by atoms with Crippen LogP contribution >= 0.6 is 0 Å². The van der Waals surface area contributed by atoms with Gasteiger partial charge in [0.1, 0.15) is 5.54 Å². The molecule has 0 radical (unpaired) electrons. The van der Waals surface area contributed by atoms with Crippen LogP contribution in [0.3, 0.4) is 0 Å². The van der Waals surface area contributed by atoms with Crippen molar-refractivity contribution in [3.8, 4) is 17.2 Å². The van der Waals surface area contributed by atoms with Gasteiger partial charge >= 0.3 is 0 Å². The average molecular weight is 376 g/mol. The van der Waals surface area contributed by atoms with Crippen molar-refractivity contribution in [2.45, 2.75) is 50.6 Å². The Labute approximate surface area is 160 Å². The van der Waals surface area contributed by atoms with Gasteiger partial charge in [-0.25, -0.2) is 0 Å². The van der Waals surface area contributed by atoms with E-state index in [2.05, 4.69) is 5.32 Å². The van der Waals surface area contributed by atoms with Gasteiger partial charge in [-0.2, -0.15) is 0 Å². The fourth-order valence-electron chi connectivity index (χ4n) is 4.11. The molecule has 1 N–H and O–H groups in total. The number of benzene rings is 1. The Morgan fingerprint density at radius 1 is 1.07 bits per heavy atom. The number of β-lactam (4-membered cyclic amide) rings is 1. The third-order valence-corrected chi connectivity index (χ3v) is 5.65. The number of ether oxygens (including phenoxy) is 3. The van der Waals surface area contributed by atoms with Crippen LogP contribution in [-0.4, -0.2) is 50.1 Å². The molecule has 3 rings (SSSR count). The standard InChI is InChI=1S/C20H28N2O5/c1-25-15-11-14(12-16(26-2)18(15)27-3)13-21-19(24)20(8-5-4-6-9-20)22-10-7-17(22)23/h11-12H,4-10,13H2,1-3H3,(H,21,24). The Morgan fingerprint density at radius 2 is 1.70 bits per heavy atom. The van der Waals surface area contributed by atoms with E-state index in [1.54, 1.807) is 26.2 Å². The third kappa shape index (κ3) is 3.55. The van der Waals surface area contributed by atoms with Gasteiger partial charge in [0.15, 0.2) is 11.5 Å². The summed E-state index contributed by atoms with van der Waals surface area (Å²) in [6.45, 7) is 1.01. The van der Waals surface area contributed by atoms with Gasteiger partial charge in [0.25, 0.3) is 0 Å². The molecule has 0 aromatic heterocycles. The van der Waals surface area contributed by atoms with E-state index in [1.165, 1.54) is 0 Å². The van der Waals surface area contributed by atoms with Crippen LogP contribution in [0.1, 0.15) is 44.1 Å². The van der Waals surface area contributed by atoms with Gasteiger partial charge in [0.05, 0.1) is 21.3 Å². The molecule has 0 atom stereocenters. The molecule has 1 saturated heterocycles. The van der Waals surface area contributed by atoms with Gasteiger partial charge in [0, 0.05) is 19.5 Å². The van der Waals surface area contributed by atoms with Crippen LogP contribution in [0.15, 0.2) is 12.1 Å². The predicted octanol–water partition coefficient (Wildman–Crippen LogP) is 2.26. The van der Waals surface area contributed by atoms with Crippen molar-refractivity contribution in [2.75, 3.05) is 27.9 Å². The zero-order chi connectivity index (χ0) is 19.4. The predicted molar refractivity (Wildman–Crippen MR) is 100 cm³/mol. The van der Waals surface area contributed by atoms with Crippen LogP contribution in [-0.2, 0) is 16.1 Å². The maximum atomic E-state index is 13.1. The number of amides is 2. The molecule has 1 aromatic carbocycles. The zero-order valence-corrected chi connectivity index (χ0v) is 16.3. The van der Waals surface area contributed by atoms with Crippen LogP contribution < -0.4 is 19.5 Å². The molecule has 1 saturated carbocycles. The molecule has 1 heterocycles. The number of carbonyl (C=O) groups excluding carboxylic acids is 2. The maximum absolute atomic E-state index is 13.1. The quantitative estimate of drug-likeness (QED) is 0.739. The highest BCUT2D eigenvalue weighted by Crippen LogP contribution is 2.39. The van der Waals surface area contributed by atoms with Crippen molar-refractivity contribution in [2.24, 2.45) is 0 Å². The fourth-order valence-corrected chi connectivity index (χ4v) is 4.11. The highest BCUT2D eigenvalue weighted by molar-refractivity contribution is 5.94. The largest absolute Gasteiger partial charge is 0.493 e. The number of carbonyl (C=O) groups is 2. The van der Waals surface area contributed by atoms with Crippen molar-refractivity contribution in [1.82, 2.24) is 10.2 Å². The van der Waals surface area contributed by atoms with E-state index in [1.807, 2.05) is 12.1 Å². The molecule has 2 aliphatic rings. The van der Waals surface area contributed by atoms with Crippen LogP contribution in [0.4, 0.5) is 0 Å². The summed E-state index contributed by atoms with van der Waals surface area (Å²) in [5.74, 6) is 1.63. The summed E-state index contributed by atoms with van der Waals surface area (Å²) >= 11 is 0. The first-order valence-corrected chi connectivity index (χ1v) is 9.43. The molecule has 7 heteroatoms. The van der Waals surface area contributed by atoms with Crippen molar-refractivity contribution in [3.63, 3.8) is 0 Å². The molecule has 2 amide bonds. The average Bonchev–Trinajstić information content (AvgIpc) is 2.70. The Kier molecular flexibility index (Phi) is 5.77. The minimum atomic E-state index is -0.686. The van der Waals surface area contributed by atoms with Crippen LogP contribution in [0.5, 0.6) is 17.2 Å². The van der Waals surface area contributed by atoms with Crippen molar-refractivity contribution in [1.29, 1.82) is 0 Å². The highest BCUT2D eigenvalue weighted by atomic mass is 16.5. The van der Waals surface area contributed by atoms with Gasteiger partial charge in [0.2, 0.25) is 17.6 Å². The number of rotatable bonds is 7. The van der Waals surface area contributed by atoms with Gasteiger partial charge in [-0.05, 0) is 30.5 Å². The molecule has 27 heavy (non-hydrogen) atoms. The van der Waals surface area contributed by atoms with Gasteiger partial charge in [-0.1, -0.05) is 19.3 Å². The lowest BCUT2D eigenvalue weighted by molar-refractivity contribution is -0.159. The number of hydrogen-bond acceptors (Lipinski definition) is 5. The third-order valence-electron chi connectivity index (χ3n) is 5.65. The summed E-state index contributed by atoms with van der Waals surface area (Å²) < 4.78 is 16.1. The van der Waals surface area contributed by atoms with Crippen molar-refractivity contribution < 1.29 is 23.8 Å². The van der Waals surface area contributed by atoms with E-state index in [9.17, 15) is 9.59 Å². The molecule has 0 unspecified atom stereocenters. The zero-order valence-electron chi connectivity index (χ0n) is 16.3. The van der Waals surface area contributed by atoms with Crippen LogP contribution in [0, 0.1) is 0 Å². The number of methoxy groups -OCH3 is 3. The van der Waals surface area contributed by atoms with E-state index >= 15 is 0 Å². The maximum Gasteiger partial charge on any atom is 0.246 e. The second kappa shape index (κ2) is 8.06. The topological polar surface area (TPSA) is 77.1 Å². The molecule has 1 aliphatic heterocycles. The molecule has 0 bridgehead atoms. The van der Waals surface area contributed by atoms with Crippen LogP contribution in [0.25, 0.3) is 0 Å². The monoisotopic (exact) mass is 376 g/mol. The number of hydrogen-bond donors (Lipinski definition) is 1. The summed E-state index contributed by atoms with van der Waals surface area (Å²) in [5, 5.41) is 3.03. The van der Waals surface area contributed by atoms with Gasteiger partial charge in [-0.15, -0.1) is 0 Å². The van der Waals surface area contributed by atoms with E-state index < -0.39 is 5.54 Å². The number of likely N-dealkylation sites (tertiary alicyclic amines) is 1. The Hall–Kier alpha value is -2.44. The first-order valence-electron chi connectivity index (χ1n) is 9.43. The smallest absolute Gasteiger partial charge is 0.246 e. The Bertz CT molecular complexity index is 687. The summed E-state index contributed by atoms with van der Waals surface area (Å²) in [5.41, 5.74) is 0.160. The summed E-state index contributed by atoms with van der Waals surface area (Å²) in [6.07, 6.45) is 5.08. The second-order valence-electron chi connectivity index (χ2n) is 7.10. The molecule has 148 valence electrons.